The predicted octanol–water partition coefficient (Wildman–Crippen LogP) is 0.733. The summed E-state index contributed by atoms with van der Waals surface area (Å²) in [6, 6.07) is 9.08. The van der Waals surface area contributed by atoms with Crippen molar-refractivity contribution >= 4 is 29.8 Å². The molecule has 2 aromatic heterocycles. The number of rotatable bonds is 4. The molecule has 0 bridgehead atoms. The average Bonchev–Trinajstić information content (AvgIpc) is 2.52. The quantitative estimate of drug-likeness (QED) is 0.519. The summed E-state index contributed by atoms with van der Waals surface area (Å²) in [7, 11) is -4.23. The highest BCUT2D eigenvalue weighted by atomic mass is 31.2. The van der Waals surface area contributed by atoms with Crippen LogP contribution in [0.3, 0.4) is 0 Å². The second-order valence-electron chi connectivity index (χ2n) is 4.87. The van der Waals surface area contributed by atoms with Crippen LogP contribution in [0.15, 0.2) is 47.5 Å². The summed E-state index contributed by atoms with van der Waals surface area (Å²) in [6.45, 7) is 0.409. The average molecular weight is 332 g/mol. The molecule has 0 amide bonds. The molecule has 9 heteroatoms. The number of anilines is 1. The molecule has 0 saturated carbocycles. The molecule has 0 aliphatic carbocycles. The maximum Gasteiger partial charge on any atom is 0.356 e. The van der Waals surface area contributed by atoms with Gasteiger partial charge >= 0.3 is 7.60 Å². The van der Waals surface area contributed by atoms with E-state index in [4.69, 9.17) is 9.79 Å². The van der Waals surface area contributed by atoms with E-state index in [1.807, 2.05) is 0 Å². The lowest BCUT2D eigenvalue weighted by Gasteiger charge is -2.09. The van der Waals surface area contributed by atoms with Crippen LogP contribution in [0.4, 0.5) is 5.82 Å². The Morgan fingerprint density at radius 2 is 1.83 bits per heavy atom. The summed E-state index contributed by atoms with van der Waals surface area (Å²) in [4.78, 5) is 40.2. The van der Waals surface area contributed by atoms with E-state index in [9.17, 15) is 9.36 Å². The maximum absolute atomic E-state index is 11.3. The Morgan fingerprint density at radius 1 is 1.09 bits per heavy atom. The Hall–Kier alpha value is -2.54. The third-order valence-corrected chi connectivity index (χ3v) is 4.23. The fourth-order valence-corrected chi connectivity index (χ4v) is 2.64. The second kappa shape index (κ2) is 5.92. The first kappa shape index (κ1) is 15.4. The van der Waals surface area contributed by atoms with Gasteiger partial charge in [0.25, 0.3) is 0 Å². The van der Waals surface area contributed by atoms with Crippen molar-refractivity contribution in [1.82, 2.24) is 15.0 Å². The predicted molar refractivity (Wildman–Crippen MR) is 85.6 cm³/mol. The van der Waals surface area contributed by atoms with E-state index >= 15 is 0 Å². The van der Waals surface area contributed by atoms with Crippen LogP contribution in [0.1, 0.15) is 5.56 Å². The molecule has 118 valence electrons. The smallest absolute Gasteiger partial charge is 0.356 e. The van der Waals surface area contributed by atoms with Crippen LogP contribution in [0.5, 0.6) is 0 Å². The molecule has 23 heavy (non-hydrogen) atoms. The number of H-pyrrole nitrogens is 1. The SMILES string of the molecule is O=c1ccc2c(NCc3ccc(P(=O)(O)O)cc3)ncnc2[nH]1. The van der Waals surface area contributed by atoms with Gasteiger partial charge in [-0.3, -0.25) is 9.36 Å². The van der Waals surface area contributed by atoms with Crippen LogP contribution < -0.4 is 16.2 Å². The number of nitrogens with zero attached hydrogens (tertiary/aromatic N) is 2. The number of benzene rings is 1. The summed E-state index contributed by atoms with van der Waals surface area (Å²) in [5, 5.41) is 3.77. The van der Waals surface area contributed by atoms with Crippen LogP contribution in [0.2, 0.25) is 0 Å². The highest BCUT2D eigenvalue weighted by Gasteiger charge is 2.16. The molecule has 8 nitrogen and oxygen atoms in total. The van der Waals surface area contributed by atoms with E-state index < -0.39 is 7.60 Å². The fraction of sp³-hybridized carbons (Fsp3) is 0.0714. The molecule has 0 atom stereocenters. The lowest BCUT2D eigenvalue weighted by Crippen LogP contribution is -2.08. The zero-order chi connectivity index (χ0) is 16.4. The zero-order valence-electron chi connectivity index (χ0n) is 11.8. The van der Waals surface area contributed by atoms with Gasteiger partial charge in [0, 0.05) is 12.6 Å². The second-order valence-corrected chi connectivity index (χ2v) is 6.48. The summed E-state index contributed by atoms with van der Waals surface area (Å²) in [6.07, 6.45) is 1.34. The molecule has 0 aliphatic heterocycles. The van der Waals surface area contributed by atoms with Crippen molar-refractivity contribution in [1.29, 1.82) is 0 Å². The number of hydrogen-bond acceptors (Lipinski definition) is 5. The topological polar surface area (TPSA) is 128 Å². The van der Waals surface area contributed by atoms with Gasteiger partial charge in [-0.05, 0) is 23.8 Å². The first-order valence-electron chi connectivity index (χ1n) is 6.66. The van der Waals surface area contributed by atoms with Crippen molar-refractivity contribution in [3.8, 4) is 0 Å². The lowest BCUT2D eigenvalue weighted by molar-refractivity contribution is 0.387. The highest BCUT2D eigenvalue weighted by molar-refractivity contribution is 7.60. The van der Waals surface area contributed by atoms with Crippen LogP contribution >= 0.6 is 7.60 Å². The third-order valence-electron chi connectivity index (χ3n) is 3.26. The number of aromatic amines is 1. The molecule has 2 heterocycles. The number of pyridine rings is 1. The Kier molecular flexibility index (Phi) is 3.96. The molecule has 3 rings (SSSR count). The van der Waals surface area contributed by atoms with Crippen molar-refractivity contribution in [2.75, 3.05) is 5.32 Å². The number of aromatic nitrogens is 3. The Labute approximate surface area is 130 Å². The standard InChI is InChI=1S/C14H13N4O4P/c19-12-6-5-11-13(16-8-17-14(11)18-12)15-7-9-1-3-10(4-2-9)23(20,21)22/h1-6,8H,7H2,(H2,20,21,22)(H2,15,16,17,18,19). The van der Waals surface area contributed by atoms with Crippen molar-refractivity contribution in [3.63, 3.8) is 0 Å². The molecule has 0 spiro atoms. The van der Waals surface area contributed by atoms with E-state index in [0.29, 0.717) is 23.4 Å². The molecule has 3 aromatic rings. The third kappa shape index (κ3) is 3.45. The van der Waals surface area contributed by atoms with Gasteiger partial charge in [-0.1, -0.05) is 12.1 Å². The monoisotopic (exact) mass is 332 g/mol. The lowest BCUT2D eigenvalue weighted by atomic mass is 10.2. The van der Waals surface area contributed by atoms with Crippen molar-refractivity contribution in [2.24, 2.45) is 0 Å². The van der Waals surface area contributed by atoms with Gasteiger partial charge in [-0.2, -0.15) is 0 Å². The number of hydrogen-bond donors (Lipinski definition) is 4. The van der Waals surface area contributed by atoms with Crippen LogP contribution in [-0.2, 0) is 11.1 Å². The molecule has 0 fully saturated rings. The van der Waals surface area contributed by atoms with Gasteiger partial charge in [0.1, 0.15) is 17.8 Å². The molecular formula is C14H13N4O4P. The fourth-order valence-electron chi connectivity index (χ4n) is 2.11. The van der Waals surface area contributed by atoms with Crippen molar-refractivity contribution in [3.05, 3.63) is 58.6 Å². The largest absolute Gasteiger partial charge is 0.365 e. The highest BCUT2D eigenvalue weighted by Crippen LogP contribution is 2.32. The number of fused-ring (bicyclic) bond motifs is 1. The Morgan fingerprint density at radius 3 is 2.52 bits per heavy atom. The van der Waals surface area contributed by atoms with Gasteiger partial charge in [0.15, 0.2) is 0 Å². The van der Waals surface area contributed by atoms with E-state index in [1.165, 1.54) is 24.5 Å². The zero-order valence-corrected chi connectivity index (χ0v) is 12.7. The minimum Gasteiger partial charge on any atom is -0.365 e. The first-order chi connectivity index (χ1) is 10.9. The molecule has 0 aliphatic rings. The molecule has 0 radical (unpaired) electrons. The summed E-state index contributed by atoms with van der Waals surface area (Å²) in [5.41, 5.74) is 1.03. The molecule has 0 unspecified atom stereocenters. The summed E-state index contributed by atoms with van der Waals surface area (Å²) < 4.78 is 11.1. The summed E-state index contributed by atoms with van der Waals surface area (Å²) >= 11 is 0. The molecule has 1 aromatic carbocycles. The summed E-state index contributed by atoms with van der Waals surface area (Å²) in [5.74, 6) is 0.560. The Bertz CT molecular complexity index is 949. The van der Waals surface area contributed by atoms with Crippen LogP contribution in [0, 0.1) is 0 Å². The van der Waals surface area contributed by atoms with E-state index in [1.54, 1.807) is 18.2 Å². The van der Waals surface area contributed by atoms with Crippen LogP contribution in [0.25, 0.3) is 11.0 Å². The van der Waals surface area contributed by atoms with Gasteiger partial charge in [-0.15, -0.1) is 0 Å². The Balaban J connectivity index is 1.81. The van der Waals surface area contributed by atoms with E-state index in [0.717, 1.165) is 5.56 Å². The van der Waals surface area contributed by atoms with Gasteiger partial charge < -0.3 is 20.1 Å². The minimum absolute atomic E-state index is 0.0219. The van der Waals surface area contributed by atoms with Crippen LogP contribution in [-0.4, -0.2) is 24.7 Å². The molecule has 4 N–H and O–H groups in total. The normalized spacial score (nSPS) is 11.6. The molecule has 0 saturated heterocycles. The van der Waals surface area contributed by atoms with Gasteiger partial charge in [0.05, 0.1) is 10.7 Å². The first-order valence-corrected chi connectivity index (χ1v) is 8.28. The van der Waals surface area contributed by atoms with Gasteiger partial charge in [0.2, 0.25) is 5.56 Å². The van der Waals surface area contributed by atoms with Gasteiger partial charge in [-0.25, -0.2) is 9.97 Å². The molecular weight excluding hydrogens is 319 g/mol. The maximum atomic E-state index is 11.3. The van der Waals surface area contributed by atoms with Crippen molar-refractivity contribution < 1.29 is 14.4 Å². The number of nitrogens with one attached hydrogen (secondary N) is 2. The van der Waals surface area contributed by atoms with E-state index in [2.05, 4.69) is 20.3 Å². The van der Waals surface area contributed by atoms with E-state index in [-0.39, 0.29) is 10.9 Å². The minimum atomic E-state index is -4.23. The van der Waals surface area contributed by atoms with Crippen molar-refractivity contribution in [2.45, 2.75) is 6.54 Å².